The molecule has 0 radical (unpaired) electrons. The summed E-state index contributed by atoms with van der Waals surface area (Å²) in [6, 6.07) is 5.90. The van der Waals surface area contributed by atoms with E-state index in [-0.39, 0.29) is 5.41 Å². The fourth-order valence-corrected chi connectivity index (χ4v) is 1.53. The lowest BCUT2D eigenvalue weighted by atomic mass is 9.96. The standard InChI is InChI=1S/C12H16N2O/c1-12(2,3)11-13-8-6-5-7-9(15-4)10(8)14-11/h5-7H,1-4H3,(H,13,14). The second-order valence-electron chi connectivity index (χ2n) is 4.69. The number of H-pyrrole nitrogens is 1. The number of hydrogen-bond donors (Lipinski definition) is 1. The van der Waals surface area contributed by atoms with Gasteiger partial charge in [0.15, 0.2) is 0 Å². The normalized spacial score (nSPS) is 12.0. The van der Waals surface area contributed by atoms with Crippen LogP contribution in [0.3, 0.4) is 0 Å². The van der Waals surface area contributed by atoms with E-state index < -0.39 is 0 Å². The minimum atomic E-state index is 0.0318. The van der Waals surface area contributed by atoms with Crippen LogP contribution in [-0.4, -0.2) is 17.1 Å². The van der Waals surface area contributed by atoms with E-state index in [0.717, 1.165) is 22.6 Å². The molecule has 0 aliphatic heterocycles. The van der Waals surface area contributed by atoms with E-state index in [1.54, 1.807) is 7.11 Å². The summed E-state index contributed by atoms with van der Waals surface area (Å²) in [4.78, 5) is 7.89. The highest BCUT2D eigenvalue weighted by Gasteiger charge is 2.19. The molecular formula is C12H16N2O. The first-order chi connectivity index (χ1) is 7.02. The van der Waals surface area contributed by atoms with Gasteiger partial charge in [0, 0.05) is 5.41 Å². The first-order valence-electron chi connectivity index (χ1n) is 5.05. The first-order valence-corrected chi connectivity index (χ1v) is 5.05. The van der Waals surface area contributed by atoms with Crippen LogP contribution >= 0.6 is 0 Å². The number of aromatic nitrogens is 2. The van der Waals surface area contributed by atoms with Crippen LogP contribution in [0.1, 0.15) is 26.6 Å². The van der Waals surface area contributed by atoms with Crippen LogP contribution < -0.4 is 4.74 Å². The van der Waals surface area contributed by atoms with Crippen molar-refractivity contribution in [1.29, 1.82) is 0 Å². The predicted molar refractivity (Wildman–Crippen MR) is 61.3 cm³/mol. The highest BCUT2D eigenvalue weighted by atomic mass is 16.5. The van der Waals surface area contributed by atoms with Crippen LogP contribution in [0, 0.1) is 0 Å². The molecule has 1 heterocycles. The lowest BCUT2D eigenvalue weighted by molar-refractivity contribution is 0.419. The average molecular weight is 204 g/mol. The van der Waals surface area contributed by atoms with Gasteiger partial charge >= 0.3 is 0 Å². The molecule has 3 heteroatoms. The third-order valence-corrected chi connectivity index (χ3v) is 2.41. The monoisotopic (exact) mass is 204 g/mol. The summed E-state index contributed by atoms with van der Waals surface area (Å²) in [6.07, 6.45) is 0. The Hall–Kier alpha value is -1.51. The van der Waals surface area contributed by atoms with Crippen LogP contribution in [0.4, 0.5) is 0 Å². The first kappa shape index (κ1) is 10.0. The van der Waals surface area contributed by atoms with Gasteiger partial charge in [-0.05, 0) is 12.1 Å². The van der Waals surface area contributed by atoms with Crippen molar-refractivity contribution < 1.29 is 4.74 Å². The smallest absolute Gasteiger partial charge is 0.146 e. The molecule has 15 heavy (non-hydrogen) atoms. The molecule has 80 valence electrons. The fourth-order valence-electron chi connectivity index (χ4n) is 1.53. The molecule has 1 N–H and O–H groups in total. The van der Waals surface area contributed by atoms with Crippen molar-refractivity contribution in [2.75, 3.05) is 7.11 Å². The number of fused-ring (bicyclic) bond motifs is 1. The molecule has 0 aliphatic carbocycles. The molecule has 3 nitrogen and oxygen atoms in total. The summed E-state index contributed by atoms with van der Waals surface area (Å²) in [5.41, 5.74) is 1.97. The second-order valence-corrected chi connectivity index (χ2v) is 4.69. The summed E-state index contributed by atoms with van der Waals surface area (Å²) >= 11 is 0. The maximum atomic E-state index is 5.27. The SMILES string of the molecule is COc1cccc2[nH]c(C(C)(C)C)nc12. The van der Waals surface area contributed by atoms with E-state index in [1.807, 2.05) is 18.2 Å². The van der Waals surface area contributed by atoms with Gasteiger partial charge in [-0.2, -0.15) is 0 Å². The maximum Gasteiger partial charge on any atom is 0.146 e. The third kappa shape index (κ3) is 1.69. The van der Waals surface area contributed by atoms with Gasteiger partial charge in [0.05, 0.1) is 12.6 Å². The van der Waals surface area contributed by atoms with Crippen LogP contribution in [0.15, 0.2) is 18.2 Å². The van der Waals surface area contributed by atoms with Crippen molar-refractivity contribution in [3.05, 3.63) is 24.0 Å². The van der Waals surface area contributed by atoms with Crippen molar-refractivity contribution in [3.63, 3.8) is 0 Å². The van der Waals surface area contributed by atoms with Gasteiger partial charge in [-0.25, -0.2) is 4.98 Å². The molecule has 0 saturated carbocycles. The molecule has 0 amide bonds. The van der Waals surface area contributed by atoms with Crippen molar-refractivity contribution in [2.24, 2.45) is 0 Å². The van der Waals surface area contributed by atoms with Crippen LogP contribution in [0.2, 0.25) is 0 Å². The maximum absolute atomic E-state index is 5.27. The Kier molecular flexibility index (Phi) is 2.18. The Bertz CT molecular complexity index is 480. The van der Waals surface area contributed by atoms with Crippen LogP contribution in [0.25, 0.3) is 11.0 Å². The predicted octanol–water partition coefficient (Wildman–Crippen LogP) is 2.87. The Labute approximate surface area is 89.5 Å². The van der Waals surface area contributed by atoms with E-state index >= 15 is 0 Å². The van der Waals surface area contributed by atoms with Gasteiger partial charge in [-0.15, -0.1) is 0 Å². The molecular weight excluding hydrogens is 188 g/mol. The summed E-state index contributed by atoms with van der Waals surface area (Å²) < 4.78 is 5.27. The molecule has 0 atom stereocenters. The van der Waals surface area contributed by atoms with Gasteiger partial charge in [0.2, 0.25) is 0 Å². The highest BCUT2D eigenvalue weighted by molar-refractivity contribution is 5.81. The number of rotatable bonds is 1. The zero-order chi connectivity index (χ0) is 11.1. The number of ether oxygens (including phenoxy) is 1. The Morgan fingerprint density at radius 2 is 2.00 bits per heavy atom. The minimum absolute atomic E-state index is 0.0318. The quantitative estimate of drug-likeness (QED) is 0.775. The summed E-state index contributed by atoms with van der Waals surface area (Å²) in [7, 11) is 1.67. The van der Waals surface area contributed by atoms with E-state index in [9.17, 15) is 0 Å². The van der Waals surface area contributed by atoms with Gasteiger partial charge in [-0.3, -0.25) is 0 Å². The van der Waals surface area contributed by atoms with E-state index in [1.165, 1.54) is 0 Å². The topological polar surface area (TPSA) is 37.9 Å². The van der Waals surface area contributed by atoms with Crippen LogP contribution in [0.5, 0.6) is 5.75 Å². The molecule has 2 aromatic rings. The molecule has 0 bridgehead atoms. The number of nitrogens with one attached hydrogen (secondary N) is 1. The molecule has 1 aromatic heterocycles. The Morgan fingerprint density at radius 3 is 2.60 bits per heavy atom. The number of benzene rings is 1. The van der Waals surface area contributed by atoms with Crippen molar-refractivity contribution >= 4 is 11.0 Å². The number of imidazole rings is 1. The lowest BCUT2D eigenvalue weighted by Gasteiger charge is -2.13. The lowest BCUT2D eigenvalue weighted by Crippen LogP contribution is -2.12. The average Bonchev–Trinajstić information content (AvgIpc) is 2.59. The molecule has 0 saturated heterocycles. The fraction of sp³-hybridized carbons (Fsp3) is 0.417. The van der Waals surface area contributed by atoms with Crippen molar-refractivity contribution in [3.8, 4) is 5.75 Å². The summed E-state index contributed by atoms with van der Waals surface area (Å²) in [5.74, 6) is 1.81. The van der Waals surface area contributed by atoms with E-state index in [2.05, 4.69) is 30.7 Å². The Balaban J connectivity index is 2.65. The minimum Gasteiger partial charge on any atom is -0.494 e. The van der Waals surface area contributed by atoms with Gasteiger partial charge in [-0.1, -0.05) is 26.8 Å². The number of hydrogen-bond acceptors (Lipinski definition) is 2. The zero-order valence-electron chi connectivity index (χ0n) is 9.59. The highest BCUT2D eigenvalue weighted by Crippen LogP contribution is 2.27. The molecule has 0 fully saturated rings. The van der Waals surface area contributed by atoms with Gasteiger partial charge in [0.25, 0.3) is 0 Å². The number of methoxy groups -OCH3 is 1. The Morgan fingerprint density at radius 1 is 1.27 bits per heavy atom. The summed E-state index contributed by atoms with van der Waals surface area (Å²) in [6.45, 7) is 6.41. The van der Waals surface area contributed by atoms with Crippen LogP contribution in [-0.2, 0) is 5.41 Å². The largest absolute Gasteiger partial charge is 0.494 e. The molecule has 2 rings (SSSR count). The van der Waals surface area contributed by atoms with E-state index in [0.29, 0.717) is 0 Å². The molecule has 1 aromatic carbocycles. The number of nitrogens with zero attached hydrogens (tertiary/aromatic N) is 1. The molecule has 0 spiro atoms. The van der Waals surface area contributed by atoms with Crippen molar-refractivity contribution in [1.82, 2.24) is 9.97 Å². The summed E-state index contributed by atoms with van der Waals surface area (Å²) in [5, 5.41) is 0. The van der Waals surface area contributed by atoms with Crippen molar-refractivity contribution in [2.45, 2.75) is 26.2 Å². The molecule has 0 aliphatic rings. The zero-order valence-corrected chi connectivity index (χ0v) is 9.59. The van der Waals surface area contributed by atoms with Gasteiger partial charge < -0.3 is 9.72 Å². The molecule has 0 unspecified atom stereocenters. The van der Waals surface area contributed by atoms with Gasteiger partial charge in [0.1, 0.15) is 17.1 Å². The number of aromatic amines is 1. The third-order valence-electron chi connectivity index (χ3n) is 2.41. The number of para-hydroxylation sites is 1. The van der Waals surface area contributed by atoms with E-state index in [4.69, 9.17) is 4.74 Å². The second kappa shape index (κ2) is 3.26.